The summed E-state index contributed by atoms with van der Waals surface area (Å²) in [6.45, 7) is 4.29. The molecule has 0 saturated carbocycles. The van der Waals surface area contributed by atoms with Gasteiger partial charge in [-0.15, -0.1) is 0 Å². The standard InChI is InChI=1S/C16H32N2O2/c1-15(19)18(16(2)20)14-12-10-8-6-4-3-5-7-9-11-13-17/h3-14,17H2,1-2H3. The van der Waals surface area contributed by atoms with Crippen LogP contribution in [0.5, 0.6) is 0 Å². The number of carbonyl (C=O) groups excluding carboxylic acids is 2. The van der Waals surface area contributed by atoms with Crippen LogP contribution in [0.3, 0.4) is 0 Å². The summed E-state index contributed by atoms with van der Waals surface area (Å²) in [5, 5.41) is 0. The largest absolute Gasteiger partial charge is 0.330 e. The van der Waals surface area contributed by atoms with Gasteiger partial charge in [-0.2, -0.15) is 0 Å². The van der Waals surface area contributed by atoms with Gasteiger partial charge in [-0.1, -0.05) is 51.4 Å². The normalized spacial score (nSPS) is 10.6. The Kier molecular flexibility index (Phi) is 12.5. The molecule has 0 fully saturated rings. The van der Waals surface area contributed by atoms with Gasteiger partial charge in [-0.3, -0.25) is 14.5 Å². The molecule has 0 atom stereocenters. The molecule has 0 aliphatic carbocycles. The molecule has 2 amide bonds. The van der Waals surface area contributed by atoms with Crippen molar-refractivity contribution in [2.45, 2.75) is 78.1 Å². The second-order valence-corrected chi connectivity index (χ2v) is 5.51. The van der Waals surface area contributed by atoms with Crippen LogP contribution in [0.25, 0.3) is 0 Å². The summed E-state index contributed by atoms with van der Waals surface area (Å²) in [7, 11) is 0. The van der Waals surface area contributed by atoms with Crippen molar-refractivity contribution >= 4 is 11.8 Å². The summed E-state index contributed by atoms with van der Waals surface area (Å²) in [5.41, 5.74) is 5.45. The van der Waals surface area contributed by atoms with Crippen LogP contribution < -0.4 is 5.73 Å². The number of nitrogens with zero attached hydrogens (tertiary/aromatic N) is 1. The number of hydrogen-bond donors (Lipinski definition) is 1. The molecule has 0 bridgehead atoms. The fourth-order valence-electron chi connectivity index (χ4n) is 2.37. The van der Waals surface area contributed by atoms with Crippen LogP contribution in [0.15, 0.2) is 0 Å². The number of carbonyl (C=O) groups is 2. The summed E-state index contributed by atoms with van der Waals surface area (Å²) in [4.78, 5) is 23.7. The van der Waals surface area contributed by atoms with Gasteiger partial charge < -0.3 is 5.73 Å². The minimum Gasteiger partial charge on any atom is -0.330 e. The van der Waals surface area contributed by atoms with Crippen molar-refractivity contribution in [1.82, 2.24) is 4.90 Å². The van der Waals surface area contributed by atoms with Crippen LogP contribution in [0.1, 0.15) is 78.1 Å². The third kappa shape index (κ3) is 11.0. The van der Waals surface area contributed by atoms with Gasteiger partial charge in [0, 0.05) is 20.4 Å². The average Bonchev–Trinajstić information content (AvgIpc) is 2.39. The Morgan fingerprint density at radius 2 is 1.05 bits per heavy atom. The third-order valence-electron chi connectivity index (χ3n) is 3.60. The topological polar surface area (TPSA) is 63.4 Å². The summed E-state index contributed by atoms with van der Waals surface area (Å²) in [5.74, 6) is -0.287. The molecule has 0 rings (SSSR count). The Labute approximate surface area is 124 Å². The molecule has 20 heavy (non-hydrogen) atoms. The van der Waals surface area contributed by atoms with E-state index in [9.17, 15) is 9.59 Å². The van der Waals surface area contributed by atoms with Gasteiger partial charge in [0.2, 0.25) is 11.8 Å². The highest BCUT2D eigenvalue weighted by atomic mass is 16.2. The zero-order valence-electron chi connectivity index (χ0n) is 13.3. The first kappa shape index (κ1) is 19.1. The lowest BCUT2D eigenvalue weighted by molar-refractivity contribution is -0.142. The van der Waals surface area contributed by atoms with E-state index in [1.54, 1.807) is 0 Å². The second kappa shape index (κ2) is 13.1. The molecule has 0 aliphatic rings. The maximum absolute atomic E-state index is 11.2. The van der Waals surface area contributed by atoms with Crippen LogP contribution >= 0.6 is 0 Å². The average molecular weight is 284 g/mol. The van der Waals surface area contributed by atoms with Gasteiger partial charge in [-0.25, -0.2) is 0 Å². The molecule has 0 aromatic rings. The second-order valence-electron chi connectivity index (χ2n) is 5.51. The molecular weight excluding hydrogens is 252 g/mol. The number of rotatable bonds is 12. The van der Waals surface area contributed by atoms with E-state index in [0.29, 0.717) is 6.54 Å². The predicted molar refractivity (Wildman–Crippen MR) is 83.3 cm³/mol. The lowest BCUT2D eigenvalue weighted by atomic mass is 10.1. The zero-order chi connectivity index (χ0) is 15.2. The van der Waals surface area contributed by atoms with Crippen LogP contribution in [0, 0.1) is 0 Å². The fourth-order valence-corrected chi connectivity index (χ4v) is 2.37. The molecule has 0 aromatic carbocycles. The van der Waals surface area contributed by atoms with E-state index in [1.807, 2.05) is 0 Å². The van der Waals surface area contributed by atoms with Crippen molar-refractivity contribution in [2.24, 2.45) is 5.73 Å². The van der Waals surface area contributed by atoms with Gasteiger partial charge in [0.05, 0.1) is 0 Å². The third-order valence-corrected chi connectivity index (χ3v) is 3.60. The summed E-state index contributed by atoms with van der Waals surface area (Å²) in [6, 6.07) is 0. The van der Waals surface area contributed by atoms with Crippen molar-refractivity contribution in [2.75, 3.05) is 13.1 Å². The van der Waals surface area contributed by atoms with Crippen molar-refractivity contribution in [3.8, 4) is 0 Å². The van der Waals surface area contributed by atoms with E-state index in [0.717, 1.165) is 25.8 Å². The highest BCUT2D eigenvalue weighted by molar-refractivity contribution is 5.92. The molecule has 0 heterocycles. The number of nitrogens with two attached hydrogens (primary N) is 1. The number of unbranched alkanes of at least 4 members (excludes halogenated alkanes) is 9. The molecule has 4 heteroatoms. The summed E-state index contributed by atoms with van der Waals surface area (Å²) < 4.78 is 0. The first-order valence-electron chi connectivity index (χ1n) is 8.08. The van der Waals surface area contributed by atoms with Crippen LogP contribution in [-0.2, 0) is 9.59 Å². The molecule has 4 nitrogen and oxygen atoms in total. The van der Waals surface area contributed by atoms with Crippen LogP contribution in [-0.4, -0.2) is 29.8 Å². The minimum atomic E-state index is -0.144. The number of hydrogen-bond acceptors (Lipinski definition) is 3. The van der Waals surface area contributed by atoms with E-state index in [4.69, 9.17) is 5.73 Å². The zero-order valence-corrected chi connectivity index (χ0v) is 13.3. The Balaban J connectivity index is 3.32. The first-order chi connectivity index (χ1) is 9.59. The predicted octanol–water partition coefficient (Wildman–Crippen LogP) is 3.24. The molecule has 0 spiro atoms. The van der Waals surface area contributed by atoms with Crippen molar-refractivity contribution in [3.05, 3.63) is 0 Å². The monoisotopic (exact) mass is 284 g/mol. The van der Waals surface area contributed by atoms with Crippen molar-refractivity contribution in [3.63, 3.8) is 0 Å². The lowest BCUT2D eigenvalue weighted by Crippen LogP contribution is -2.34. The molecular formula is C16H32N2O2. The van der Waals surface area contributed by atoms with Gasteiger partial charge in [0.15, 0.2) is 0 Å². The van der Waals surface area contributed by atoms with E-state index < -0.39 is 0 Å². The number of amides is 2. The molecule has 0 unspecified atom stereocenters. The fraction of sp³-hybridized carbons (Fsp3) is 0.875. The Morgan fingerprint density at radius 3 is 1.40 bits per heavy atom. The Hall–Kier alpha value is -0.900. The van der Waals surface area contributed by atoms with Crippen LogP contribution in [0.2, 0.25) is 0 Å². The Morgan fingerprint density at radius 1 is 0.700 bits per heavy atom. The molecule has 0 radical (unpaired) electrons. The van der Waals surface area contributed by atoms with Crippen molar-refractivity contribution < 1.29 is 9.59 Å². The molecule has 0 saturated heterocycles. The number of imide groups is 1. The van der Waals surface area contributed by atoms with Gasteiger partial charge in [0.1, 0.15) is 0 Å². The molecule has 118 valence electrons. The van der Waals surface area contributed by atoms with E-state index in [-0.39, 0.29) is 11.8 Å². The van der Waals surface area contributed by atoms with Crippen LogP contribution in [0.4, 0.5) is 0 Å². The van der Waals surface area contributed by atoms with E-state index >= 15 is 0 Å². The summed E-state index contributed by atoms with van der Waals surface area (Å²) in [6.07, 6.45) is 12.2. The van der Waals surface area contributed by atoms with Crippen molar-refractivity contribution in [1.29, 1.82) is 0 Å². The highest BCUT2D eigenvalue weighted by Gasteiger charge is 2.11. The minimum absolute atomic E-state index is 0.144. The van der Waals surface area contributed by atoms with E-state index in [1.165, 1.54) is 63.7 Å². The maximum Gasteiger partial charge on any atom is 0.226 e. The maximum atomic E-state index is 11.2. The van der Waals surface area contributed by atoms with Gasteiger partial charge >= 0.3 is 0 Å². The first-order valence-corrected chi connectivity index (χ1v) is 8.08. The molecule has 0 aliphatic heterocycles. The smallest absolute Gasteiger partial charge is 0.226 e. The lowest BCUT2D eigenvalue weighted by Gasteiger charge is -2.16. The highest BCUT2D eigenvalue weighted by Crippen LogP contribution is 2.10. The molecule has 0 aromatic heterocycles. The molecule has 2 N–H and O–H groups in total. The van der Waals surface area contributed by atoms with Gasteiger partial charge in [-0.05, 0) is 19.4 Å². The SMILES string of the molecule is CC(=O)N(CCCCCCCCCCCCN)C(C)=O. The Bertz CT molecular complexity index is 253. The quantitative estimate of drug-likeness (QED) is 0.560. The summed E-state index contributed by atoms with van der Waals surface area (Å²) >= 11 is 0. The van der Waals surface area contributed by atoms with E-state index in [2.05, 4.69) is 0 Å². The van der Waals surface area contributed by atoms with Gasteiger partial charge in [0.25, 0.3) is 0 Å².